The first kappa shape index (κ1) is 24.3. The highest BCUT2D eigenvalue weighted by molar-refractivity contribution is 9.10. The Hall–Kier alpha value is -3.35. The second-order valence-corrected chi connectivity index (χ2v) is 10.5. The van der Waals surface area contributed by atoms with Gasteiger partial charge in [-0.3, -0.25) is 14.5 Å². The smallest absolute Gasteiger partial charge is 0.293 e. The van der Waals surface area contributed by atoms with Crippen molar-refractivity contribution in [1.82, 2.24) is 4.90 Å². The van der Waals surface area contributed by atoms with Crippen LogP contribution in [-0.2, 0) is 17.8 Å². The highest BCUT2D eigenvalue weighted by Gasteiger charge is 2.34. The monoisotopic (exact) mass is 557 g/mol. The Labute approximate surface area is 223 Å². The molecule has 0 aromatic heterocycles. The summed E-state index contributed by atoms with van der Waals surface area (Å²) in [7, 11) is 0. The number of carbonyl (C=O) groups is 2. The lowest BCUT2D eigenvalue weighted by Gasteiger charge is -2.12. The predicted molar refractivity (Wildman–Crippen MR) is 150 cm³/mol. The number of nitrogens with zero attached hydrogens (tertiary/aromatic N) is 1. The van der Waals surface area contributed by atoms with Crippen LogP contribution in [0, 0.1) is 0 Å². The van der Waals surface area contributed by atoms with Crippen LogP contribution in [-0.4, -0.2) is 22.6 Å². The molecule has 1 aliphatic heterocycles. The number of halogens is 1. The Balaban J connectivity index is 1.29. The normalized spacial score (nSPS) is 14.7. The molecule has 0 atom stereocenters. The van der Waals surface area contributed by atoms with E-state index >= 15 is 0 Å². The lowest BCUT2D eigenvalue weighted by Crippen LogP contribution is -2.29. The fourth-order valence-corrected chi connectivity index (χ4v) is 5.41. The van der Waals surface area contributed by atoms with Crippen LogP contribution in [0.25, 0.3) is 16.8 Å². The molecule has 0 saturated carbocycles. The van der Waals surface area contributed by atoms with Gasteiger partial charge in [0.25, 0.3) is 11.1 Å². The molecule has 0 aliphatic carbocycles. The van der Waals surface area contributed by atoms with E-state index in [1.165, 1.54) is 15.8 Å². The van der Waals surface area contributed by atoms with Crippen LogP contribution in [0.15, 0.2) is 100 Å². The summed E-state index contributed by atoms with van der Waals surface area (Å²) >= 11 is 4.49. The van der Waals surface area contributed by atoms with Crippen molar-refractivity contribution in [2.75, 3.05) is 6.54 Å². The highest BCUT2D eigenvalue weighted by atomic mass is 79.9. The van der Waals surface area contributed by atoms with Crippen LogP contribution in [0.2, 0.25) is 0 Å². The van der Waals surface area contributed by atoms with E-state index in [4.69, 9.17) is 4.74 Å². The fraction of sp³-hybridized carbons (Fsp3) is 0.133. The van der Waals surface area contributed by atoms with Gasteiger partial charge in [-0.2, -0.15) is 0 Å². The first-order valence-electron chi connectivity index (χ1n) is 11.8. The van der Waals surface area contributed by atoms with Crippen molar-refractivity contribution >= 4 is 55.7 Å². The zero-order valence-corrected chi connectivity index (χ0v) is 21.9. The third kappa shape index (κ3) is 5.72. The molecule has 6 heteroatoms. The Bertz CT molecular complexity index is 1450. The third-order valence-corrected chi connectivity index (χ3v) is 7.43. The van der Waals surface area contributed by atoms with Crippen LogP contribution in [0.1, 0.15) is 23.1 Å². The molecular weight excluding hydrogens is 534 g/mol. The minimum absolute atomic E-state index is 0.229. The average molecular weight is 558 g/mol. The molecule has 0 spiro atoms. The Morgan fingerprint density at radius 3 is 2.44 bits per heavy atom. The van der Waals surface area contributed by atoms with E-state index in [1.807, 2.05) is 48.5 Å². The molecule has 4 aromatic rings. The number of carbonyl (C=O) groups excluding carboxylic acids is 2. The lowest BCUT2D eigenvalue weighted by molar-refractivity contribution is -0.122. The molecule has 0 unspecified atom stereocenters. The van der Waals surface area contributed by atoms with E-state index < -0.39 is 0 Å². The van der Waals surface area contributed by atoms with Crippen LogP contribution < -0.4 is 4.74 Å². The third-order valence-electron chi connectivity index (χ3n) is 6.03. The van der Waals surface area contributed by atoms with E-state index in [9.17, 15) is 9.59 Å². The van der Waals surface area contributed by atoms with Gasteiger partial charge >= 0.3 is 0 Å². The number of hydrogen-bond acceptors (Lipinski definition) is 4. The first-order chi connectivity index (χ1) is 17.6. The van der Waals surface area contributed by atoms with E-state index in [0.717, 1.165) is 45.6 Å². The number of hydrogen-bond donors (Lipinski definition) is 0. The zero-order valence-electron chi connectivity index (χ0n) is 19.5. The minimum atomic E-state index is -0.251. The number of rotatable bonds is 8. The maximum absolute atomic E-state index is 13.0. The van der Waals surface area contributed by atoms with Crippen molar-refractivity contribution in [1.29, 1.82) is 0 Å². The van der Waals surface area contributed by atoms with Gasteiger partial charge in [-0.15, -0.1) is 0 Å². The predicted octanol–water partition coefficient (Wildman–Crippen LogP) is 7.85. The Morgan fingerprint density at radius 2 is 1.61 bits per heavy atom. The number of fused-ring (bicyclic) bond motifs is 1. The summed E-state index contributed by atoms with van der Waals surface area (Å²) in [6.45, 7) is 0.801. The fourth-order valence-electron chi connectivity index (χ4n) is 4.17. The van der Waals surface area contributed by atoms with Gasteiger partial charge in [0.1, 0.15) is 12.4 Å². The van der Waals surface area contributed by atoms with Crippen molar-refractivity contribution in [3.05, 3.63) is 117 Å². The maximum atomic E-state index is 13.0. The maximum Gasteiger partial charge on any atom is 0.293 e. The number of thioether (sulfide) groups is 1. The molecule has 0 N–H and O–H groups in total. The molecule has 1 heterocycles. The molecule has 4 aromatic carbocycles. The molecule has 0 radical (unpaired) electrons. The van der Waals surface area contributed by atoms with Crippen molar-refractivity contribution in [3.63, 3.8) is 0 Å². The van der Waals surface area contributed by atoms with Crippen LogP contribution in [0.5, 0.6) is 5.75 Å². The van der Waals surface area contributed by atoms with Gasteiger partial charge in [0, 0.05) is 16.6 Å². The standard InChI is InChI=1S/C30H24BrNO3S/c31-26-14-15-27(35-20-22-12-13-23-10-4-5-11-24(23)17-22)25(18-26)19-28-29(33)32(30(34)36-28)16-6-9-21-7-2-1-3-8-21/h1-5,7-8,10-15,17-19H,6,9,16,20H2/b28-19+. The molecule has 1 saturated heterocycles. The van der Waals surface area contributed by atoms with Crippen molar-refractivity contribution < 1.29 is 14.3 Å². The Morgan fingerprint density at radius 1 is 0.833 bits per heavy atom. The average Bonchev–Trinajstić information content (AvgIpc) is 3.16. The SMILES string of the molecule is O=C1S/C(=C/c2cc(Br)ccc2OCc2ccc3ccccc3c2)C(=O)N1CCCc1ccccc1. The van der Waals surface area contributed by atoms with Gasteiger partial charge < -0.3 is 4.74 Å². The zero-order chi connectivity index (χ0) is 24.9. The summed E-state index contributed by atoms with van der Waals surface area (Å²) in [5.41, 5.74) is 3.00. The van der Waals surface area contributed by atoms with E-state index in [1.54, 1.807) is 6.08 Å². The van der Waals surface area contributed by atoms with Crippen LogP contribution >= 0.6 is 27.7 Å². The largest absolute Gasteiger partial charge is 0.488 e. The molecular formula is C30H24BrNO3S. The van der Waals surface area contributed by atoms with Gasteiger partial charge in [-0.05, 0) is 76.8 Å². The molecule has 1 aliphatic rings. The summed E-state index contributed by atoms with van der Waals surface area (Å²) in [5.74, 6) is 0.403. The van der Waals surface area contributed by atoms with Crippen molar-refractivity contribution in [3.8, 4) is 5.75 Å². The van der Waals surface area contributed by atoms with Crippen LogP contribution in [0.3, 0.4) is 0 Å². The number of ether oxygens (including phenoxy) is 1. The number of benzene rings is 4. The Kier molecular flexibility index (Phi) is 7.54. The van der Waals surface area contributed by atoms with Crippen molar-refractivity contribution in [2.24, 2.45) is 0 Å². The number of aryl methyl sites for hydroxylation is 1. The van der Waals surface area contributed by atoms with Gasteiger partial charge in [-0.25, -0.2) is 0 Å². The lowest BCUT2D eigenvalue weighted by atomic mass is 10.1. The number of imide groups is 1. The number of amides is 2. The molecule has 1 fully saturated rings. The molecule has 2 amide bonds. The van der Waals surface area contributed by atoms with E-state index in [2.05, 4.69) is 58.4 Å². The minimum Gasteiger partial charge on any atom is -0.488 e. The van der Waals surface area contributed by atoms with Gasteiger partial charge in [0.2, 0.25) is 0 Å². The van der Waals surface area contributed by atoms with Gasteiger partial charge in [0.15, 0.2) is 0 Å². The quantitative estimate of drug-likeness (QED) is 0.207. The van der Waals surface area contributed by atoms with Gasteiger partial charge in [0.05, 0.1) is 4.91 Å². The molecule has 5 rings (SSSR count). The van der Waals surface area contributed by atoms with E-state index in [-0.39, 0.29) is 11.1 Å². The first-order valence-corrected chi connectivity index (χ1v) is 13.4. The summed E-state index contributed by atoms with van der Waals surface area (Å²) in [5, 5.41) is 2.12. The van der Waals surface area contributed by atoms with Crippen molar-refractivity contribution in [2.45, 2.75) is 19.4 Å². The molecule has 0 bridgehead atoms. The molecule has 4 nitrogen and oxygen atoms in total. The second-order valence-electron chi connectivity index (χ2n) is 8.57. The summed E-state index contributed by atoms with van der Waals surface area (Å²) in [6, 6.07) is 30.2. The van der Waals surface area contributed by atoms with Gasteiger partial charge in [-0.1, -0.05) is 82.7 Å². The summed E-state index contributed by atoms with van der Waals surface area (Å²) in [6.07, 6.45) is 3.30. The second kappa shape index (κ2) is 11.1. The molecule has 180 valence electrons. The summed E-state index contributed by atoms with van der Waals surface area (Å²) in [4.78, 5) is 27.4. The highest BCUT2D eigenvalue weighted by Crippen LogP contribution is 2.35. The molecule has 36 heavy (non-hydrogen) atoms. The summed E-state index contributed by atoms with van der Waals surface area (Å²) < 4.78 is 7.03. The topological polar surface area (TPSA) is 46.6 Å². The van der Waals surface area contributed by atoms with E-state index in [0.29, 0.717) is 23.8 Å². The van der Waals surface area contributed by atoms with Crippen LogP contribution in [0.4, 0.5) is 4.79 Å².